The van der Waals surface area contributed by atoms with E-state index in [9.17, 15) is 0 Å². The zero-order chi connectivity index (χ0) is 13.0. The summed E-state index contributed by atoms with van der Waals surface area (Å²) in [6, 6.07) is 5.83. The second-order valence-electron chi connectivity index (χ2n) is 3.79. The Morgan fingerprint density at radius 2 is 2.22 bits per heavy atom. The lowest BCUT2D eigenvalue weighted by Crippen LogP contribution is -2.06. The topological polar surface area (TPSA) is 60.2 Å². The predicted molar refractivity (Wildman–Crippen MR) is 70.3 cm³/mol. The van der Waals surface area contributed by atoms with Gasteiger partial charge in [0.25, 0.3) is 5.89 Å². The highest BCUT2D eigenvalue weighted by Crippen LogP contribution is 2.23. The summed E-state index contributed by atoms with van der Waals surface area (Å²) in [4.78, 5) is 0. The van der Waals surface area contributed by atoms with Crippen molar-refractivity contribution < 1.29 is 9.15 Å². The van der Waals surface area contributed by atoms with Gasteiger partial charge < -0.3 is 14.5 Å². The van der Waals surface area contributed by atoms with Crippen molar-refractivity contribution in [2.45, 2.75) is 20.1 Å². The molecule has 0 aliphatic heterocycles. The normalized spacial score (nSPS) is 10.6. The molecule has 2 rings (SSSR count). The van der Waals surface area contributed by atoms with Crippen LogP contribution in [0, 0.1) is 6.92 Å². The highest BCUT2D eigenvalue weighted by molar-refractivity contribution is 9.10. The number of halogens is 1. The molecule has 0 unspecified atom stereocenters. The average Bonchev–Trinajstić information content (AvgIpc) is 2.76. The second-order valence-corrected chi connectivity index (χ2v) is 4.64. The zero-order valence-corrected chi connectivity index (χ0v) is 11.8. The van der Waals surface area contributed by atoms with E-state index >= 15 is 0 Å². The molecule has 0 spiro atoms. The van der Waals surface area contributed by atoms with Gasteiger partial charge in [0.1, 0.15) is 5.75 Å². The van der Waals surface area contributed by atoms with E-state index in [-0.39, 0.29) is 6.61 Å². The molecule has 0 aliphatic carbocycles. The highest BCUT2D eigenvalue weighted by atomic mass is 79.9. The van der Waals surface area contributed by atoms with Crippen LogP contribution in [0.5, 0.6) is 5.75 Å². The van der Waals surface area contributed by atoms with Gasteiger partial charge in [-0.3, -0.25) is 0 Å². The molecule has 6 heteroatoms. The minimum absolute atomic E-state index is 0.279. The number of aryl methyl sites for hydroxylation is 1. The second kappa shape index (κ2) is 5.97. The van der Waals surface area contributed by atoms with Crippen molar-refractivity contribution in [2.24, 2.45) is 0 Å². The van der Waals surface area contributed by atoms with Crippen LogP contribution in [-0.2, 0) is 13.2 Å². The van der Waals surface area contributed by atoms with Crippen LogP contribution in [0.4, 0.5) is 0 Å². The molecule has 0 radical (unpaired) electrons. The minimum Gasteiger partial charge on any atom is -0.484 e. The summed E-state index contributed by atoms with van der Waals surface area (Å²) >= 11 is 3.49. The Hall–Kier alpha value is -1.40. The van der Waals surface area contributed by atoms with Crippen molar-refractivity contribution >= 4 is 15.9 Å². The molecule has 0 bridgehead atoms. The molecular weight excluding hydrogens is 298 g/mol. The summed E-state index contributed by atoms with van der Waals surface area (Å²) in [5.74, 6) is 1.80. The van der Waals surface area contributed by atoms with Gasteiger partial charge in [-0.25, -0.2) is 0 Å². The summed E-state index contributed by atoms with van der Waals surface area (Å²) in [7, 11) is 1.90. The van der Waals surface area contributed by atoms with E-state index in [0.29, 0.717) is 11.8 Å². The van der Waals surface area contributed by atoms with Crippen molar-refractivity contribution in [3.8, 4) is 5.75 Å². The molecule has 0 amide bonds. The molecule has 1 aromatic carbocycles. The molecule has 18 heavy (non-hydrogen) atoms. The third kappa shape index (κ3) is 3.30. The lowest BCUT2D eigenvalue weighted by Gasteiger charge is -2.08. The Morgan fingerprint density at radius 3 is 2.89 bits per heavy atom. The van der Waals surface area contributed by atoms with Crippen LogP contribution < -0.4 is 10.1 Å². The fraction of sp³-hybridized carbons (Fsp3) is 0.333. The van der Waals surface area contributed by atoms with Crippen LogP contribution in [0.25, 0.3) is 0 Å². The Morgan fingerprint density at radius 1 is 1.39 bits per heavy atom. The van der Waals surface area contributed by atoms with E-state index in [2.05, 4.69) is 31.4 Å². The third-order valence-electron chi connectivity index (χ3n) is 2.31. The number of hydrogen-bond acceptors (Lipinski definition) is 5. The largest absolute Gasteiger partial charge is 0.484 e. The standard InChI is InChI=1S/C12H14BrN3O2/c1-8-15-16-12(18-8)7-17-10-3-4-11(13)9(5-10)6-14-2/h3-5,14H,6-7H2,1-2H3. The fourth-order valence-electron chi connectivity index (χ4n) is 1.51. The first-order valence-corrected chi connectivity index (χ1v) is 6.33. The molecular formula is C12H14BrN3O2. The summed E-state index contributed by atoms with van der Waals surface area (Å²) in [5.41, 5.74) is 1.14. The van der Waals surface area contributed by atoms with Crippen molar-refractivity contribution in [3.05, 3.63) is 40.0 Å². The SMILES string of the molecule is CNCc1cc(OCc2nnc(C)o2)ccc1Br. The van der Waals surface area contributed by atoms with Gasteiger partial charge in [-0.1, -0.05) is 15.9 Å². The molecule has 0 saturated carbocycles. The monoisotopic (exact) mass is 311 g/mol. The first-order chi connectivity index (χ1) is 8.69. The Labute approximate surface area is 114 Å². The van der Waals surface area contributed by atoms with E-state index < -0.39 is 0 Å². The highest BCUT2D eigenvalue weighted by Gasteiger charge is 2.05. The molecule has 96 valence electrons. The zero-order valence-electron chi connectivity index (χ0n) is 10.2. The van der Waals surface area contributed by atoms with Gasteiger partial charge in [0.2, 0.25) is 5.89 Å². The van der Waals surface area contributed by atoms with Gasteiger partial charge in [0.15, 0.2) is 6.61 Å². The Bertz CT molecular complexity index is 528. The van der Waals surface area contributed by atoms with E-state index in [1.54, 1.807) is 6.92 Å². The third-order valence-corrected chi connectivity index (χ3v) is 3.09. The van der Waals surface area contributed by atoms with Gasteiger partial charge in [0, 0.05) is 17.9 Å². The van der Waals surface area contributed by atoms with Gasteiger partial charge in [-0.2, -0.15) is 0 Å². The lowest BCUT2D eigenvalue weighted by atomic mass is 10.2. The van der Waals surface area contributed by atoms with Gasteiger partial charge in [0.05, 0.1) is 0 Å². The molecule has 0 saturated heterocycles. The number of aromatic nitrogens is 2. The number of nitrogens with zero attached hydrogens (tertiary/aromatic N) is 2. The van der Waals surface area contributed by atoms with E-state index in [1.807, 2.05) is 25.2 Å². The van der Waals surface area contributed by atoms with E-state index in [4.69, 9.17) is 9.15 Å². The van der Waals surface area contributed by atoms with Crippen molar-refractivity contribution in [2.75, 3.05) is 7.05 Å². The molecule has 1 heterocycles. The average molecular weight is 312 g/mol. The molecule has 0 fully saturated rings. The summed E-state index contributed by atoms with van der Waals surface area (Å²) in [6.07, 6.45) is 0. The predicted octanol–water partition coefficient (Wildman–Crippen LogP) is 2.44. The van der Waals surface area contributed by atoms with E-state index in [0.717, 1.165) is 22.3 Å². The summed E-state index contributed by atoms with van der Waals surface area (Å²) < 4.78 is 11.9. The summed E-state index contributed by atoms with van der Waals surface area (Å²) in [5, 5.41) is 10.7. The fourth-order valence-corrected chi connectivity index (χ4v) is 1.89. The maximum atomic E-state index is 5.60. The quantitative estimate of drug-likeness (QED) is 0.919. The molecule has 1 aromatic heterocycles. The van der Waals surface area contributed by atoms with Crippen LogP contribution in [0.3, 0.4) is 0 Å². The maximum absolute atomic E-state index is 5.60. The Kier molecular flexibility index (Phi) is 4.33. The number of ether oxygens (including phenoxy) is 1. The van der Waals surface area contributed by atoms with Crippen LogP contribution in [-0.4, -0.2) is 17.2 Å². The van der Waals surface area contributed by atoms with Crippen LogP contribution in [0.2, 0.25) is 0 Å². The van der Waals surface area contributed by atoms with Gasteiger partial charge >= 0.3 is 0 Å². The number of hydrogen-bond donors (Lipinski definition) is 1. The number of benzene rings is 1. The molecule has 0 aliphatic rings. The first kappa shape index (κ1) is 13.0. The smallest absolute Gasteiger partial charge is 0.253 e. The minimum atomic E-state index is 0.279. The molecule has 1 N–H and O–H groups in total. The lowest BCUT2D eigenvalue weighted by molar-refractivity contribution is 0.260. The Balaban J connectivity index is 2.03. The van der Waals surface area contributed by atoms with Gasteiger partial charge in [-0.15, -0.1) is 10.2 Å². The van der Waals surface area contributed by atoms with Crippen LogP contribution in [0.15, 0.2) is 27.1 Å². The van der Waals surface area contributed by atoms with Crippen molar-refractivity contribution in [1.82, 2.24) is 15.5 Å². The van der Waals surface area contributed by atoms with Crippen LogP contribution >= 0.6 is 15.9 Å². The first-order valence-electron chi connectivity index (χ1n) is 5.54. The molecule has 0 atom stereocenters. The van der Waals surface area contributed by atoms with Crippen LogP contribution in [0.1, 0.15) is 17.3 Å². The van der Waals surface area contributed by atoms with Gasteiger partial charge in [-0.05, 0) is 30.8 Å². The van der Waals surface area contributed by atoms with Crippen molar-refractivity contribution in [3.63, 3.8) is 0 Å². The maximum Gasteiger partial charge on any atom is 0.253 e. The van der Waals surface area contributed by atoms with E-state index in [1.165, 1.54) is 0 Å². The molecule has 5 nitrogen and oxygen atoms in total. The number of nitrogens with one attached hydrogen (secondary N) is 1. The molecule has 2 aromatic rings. The number of rotatable bonds is 5. The van der Waals surface area contributed by atoms with Crippen molar-refractivity contribution in [1.29, 1.82) is 0 Å². The summed E-state index contributed by atoms with van der Waals surface area (Å²) in [6.45, 7) is 2.81.